The molecule has 0 radical (unpaired) electrons. The Hall–Kier alpha value is -1.09. The molecule has 2 rings (SSSR count). The lowest BCUT2D eigenvalue weighted by Gasteiger charge is -2.10. The topological polar surface area (TPSA) is 38.0 Å². The van der Waals surface area contributed by atoms with Gasteiger partial charge in [0.25, 0.3) is 0 Å². The van der Waals surface area contributed by atoms with E-state index >= 15 is 0 Å². The predicted molar refractivity (Wildman–Crippen MR) is 52.2 cm³/mol. The fourth-order valence-corrected chi connectivity index (χ4v) is 2.02. The number of hydrogen-bond donors (Lipinski definition) is 2. The van der Waals surface area contributed by atoms with Gasteiger partial charge in [-0.2, -0.15) is 0 Å². The maximum absolute atomic E-state index is 5.59. The van der Waals surface area contributed by atoms with Crippen LogP contribution < -0.4 is 11.1 Å². The number of nitrogens with two attached hydrogens (primary N) is 1. The number of nitrogens with one attached hydrogen (secondary N) is 1. The predicted octanol–water partition coefficient (Wildman–Crippen LogP) is 1.78. The first-order chi connectivity index (χ1) is 5.86. The van der Waals surface area contributed by atoms with Gasteiger partial charge in [-0.3, -0.25) is 0 Å². The minimum Gasteiger partial charge on any atom is -0.385 e. The largest absolute Gasteiger partial charge is 0.385 e. The van der Waals surface area contributed by atoms with Crippen LogP contribution in [0, 0.1) is 0 Å². The van der Waals surface area contributed by atoms with Crippen LogP contribution in [0.4, 0.5) is 0 Å². The summed E-state index contributed by atoms with van der Waals surface area (Å²) < 4.78 is 0. The molecule has 1 aromatic rings. The van der Waals surface area contributed by atoms with Crippen LogP contribution in [0.1, 0.15) is 10.9 Å². The van der Waals surface area contributed by atoms with Gasteiger partial charge in [0, 0.05) is 5.41 Å². The first-order valence-electron chi connectivity index (χ1n) is 3.79. The molecule has 3 N–H and O–H groups in total. The summed E-state index contributed by atoms with van der Waals surface area (Å²) in [6.45, 7) is 0. The third-order valence-corrected chi connectivity index (χ3v) is 2.78. The quantitative estimate of drug-likeness (QED) is 0.688. The summed E-state index contributed by atoms with van der Waals surface area (Å²) in [5, 5.41) is 5.41. The standard InChI is InChI=1S/C9H10N2S/c10-8-6-12-9(11-8)7-4-2-1-3-5-7/h1-6,9,11H,10H2. The molecule has 1 unspecified atom stereocenters. The second-order valence-electron chi connectivity index (χ2n) is 2.64. The summed E-state index contributed by atoms with van der Waals surface area (Å²) in [6, 6.07) is 10.3. The van der Waals surface area contributed by atoms with E-state index in [1.54, 1.807) is 11.8 Å². The van der Waals surface area contributed by atoms with E-state index in [-0.39, 0.29) is 0 Å². The van der Waals surface area contributed by atoms with Crippen LogP contribution in [0.15, 0.2) is 41.6 Å². The highest BCUT2D eigenvalue weighted by Gasteiger charge is 2.15. The lowest BCUT2D eigenvalue weighted by molar-refractivity contribution is 0.800. The Balaban J connectivity index is 2.14. The Kier molecular flexibility index (Phi) is 1.96. The lowest BCUT2D eigenvalue weighted by atomic mass is 10.2. The van der Waals surface area contributed by atoms with E-state index in [1.807, 2.05) is 23.6 Å². The summed E-state index contributed by atoms with van der Waals surface area (Å²) in [5.41, 5.74) is 6.85. The smallest absolute Gasteiger partial charge is 0.104 e. The molecule has 0 spiro atoms. The molecule has 1 atom stereocenters. The molecular formula is C9H10N2S. The summed E-state index contributed by atoms with van der Waals surface area (Å²) in [7, 11) is 0. The molecular weight excluding hydrogens is 168 g/mol. The summed E-state index contributed by atoms with van der Waals surface area (Å²) in [4.78, 5) is 0. The molecule has 0 bridgehead atoms. The van der Waals surface area contributed by atoms with Crippen LogP contribution in [-0.4, -0.2) is 0 Å². The van der Waals surface area contributed by atoms with Gasteiger partial charge in [-0.25, -0.2) is 0 Å². The first-order valence-corrected chi connectivity index (χ1v) is 4.73. The Labute approximate surface area is 75.8 Å². The highest BCUT2D eigenvalue weighted by Crippen LogP contribution is 2.31. The van der Waals surface area contributed by atoms with Crippen molar-refractivity contribution in [3.8, 4) is 0 Å². The Morgan fingerprint density at radius 2 is 2.00 bits per heavy atom. The van der Waals surface area contributed by atoms with Crippen molar-refractivity contribution in [3.63, 3.8) is 0 Å². The zero-order chi connectivity index (χ0) is 8.39. The number of hydrogen-bond acceptors (Lipinski definition) is 3. The van der Waals surface area contributed by atoms with E-state index in [0.717, 1.165) is 5.82 Å². The van der Waals surface area contributed by atoms with Gasteiger partial charge in [0.2, 0.25) is 0 Å². The van der Waals surface area contributed by atoms with E-state index in [4.69, 9.17) is 5.73 Å². The number of benzene rings is 1. The van der Waals surface area contributed by atoms with E-state index in [9.17, 15) is 0 Å². The molecule has 0 aliphatic carbocycles. The fraction of sp³-hybridized carbons (Fsp3) is 0.111. The van der Waals surface area contributed by atoms with E-state index < -0.39 is 0 Å². The third kappa shape index (κ3) is 1.41. The van der Waals surface area contributed by atoms with Crippen molar-refractivity contribution in [1.29, 1.82) is 0 Å². The molecule has 0 aromatic heterocycles. The molecule has 62 valence electrons. The molecule has 1 aliphatic rings. The maximum Gasteiger partial charge on any atom is 0.104 e. The Morgan fingerprint density at radius 1 is 1.25 bits per heavy atom. The lowest BCUT2D eigenvalue weighted by Crippen LogP contribution is -2.17. The Bertz CT molecular complexity index is 295. The second-order valence-corrected chi connectivity index (χ2v) is 3.62. The molecule has 0 saturated heterocycles. The highest BCUT2D eigenvalue weighted by atomic mass is 32.2. The minimum absolute atomic E-state index is 0.297. The van der Waals surface area contributed by atoms with Gasteiger partial charge in [-0.15, -0.1) is 11.8 Å². The van der Waals surface area contributed by atoms with Crippen LogP contribution >= 0.6 is 11.8 Å². The zero-order valence-electron chi connectivity index (χ0n) is 6.53. The molecule has 0 amide bonds. The van der Waals surface area contributed by atoms with Crippen molar-refractivity contribution < 1.29 is 0 Å². The van der Waals surface area contributed by atoms with Gasteiger partial charge >= 0.3 is 0 Å². The summed E-state index contributed by atoms with van der Waals surface area (Å²) in [5.74, 6) is 0.758. The number of thioether (sulfide) groups is 1. The van der Waals surface area contributed by atoms with Crippen LogP contribution in [0.25, 0.3) is 0 Å². The molecule has 1 aromatic carbocycles. The molecule has 1 heterocycles. The molecule has 3 heteroatoms. The highest BCUT2D eigenvalue weighted by molar-refractivity contribution is 8.02. The summed E-state index contributed by atoms with van der Waals surface area (Å²) in [6.07, 6.45) is 0. The van der Waals surface area contributed by atoms with E-state index in [1.165, 1.54) is 5.56 Å². The van der Waals surface area contributed by atoms with Gasteiger partial charge in [0.05, 0.1) is 0 Å². The summed E-state index contributed by atoms with van der Waals surface area (Å²) >= 11 is 1.71. The minimum atomic E-state index is 0.297. The van der Waals surface area contributed by atoms with Crippen molar-refractivity contribution in [2.45, 2.75) is 5.37 Å². The van der Waals surface area contributed by atoms with Crippen LogP contribution in [0.2, 0.25) is 0 Å². The normalized spacial score (nSPS) is 21.7. The Morgan fingerprint density at radius 3 is 2.58 bits per heavy atom. The van der Waals surface area contributed by atoms with Crippen LogP contribution in [-0.2, 0) is 0 Å². The average Bonchev–Trinajstić information content (AvgIpc) is 2.54. The molecule has 0 fully saturated rings. The van der Waals surface area contributed by atoms with Crippen LogP contribution in [0.3, 0.4) is 0 Å². The van der Waals surface area contributed by atoms with Gasteiger partial charge in [0.1, 0.15) is 11.2 Å². The molecule has 2 nitrogen and oxygen atoms in total. The molecule has 0 saturated carbocycles. The van der Waals surface area contributed by atoms with Gasteiger partial charge in [-0.1, -0.05) is 30.3 Å². The maximum atomic E-state index is 5.59. The monoisotopic (exact) mass is 178 g/mol. The first kappa shape index (κ1) is 7.55. The average molecular weight is 178 g/mol. The van der Waals surface area contributed by atoms with E-state index in [0.29, 0.717) is 5.37 Å². The van der Waals surface area contributed by atoms with Crippen molar-refractivity contribution >= 4 is 11.8 Å². The van der Waals surface area contributed by atoms with Gasteiger partial charge < -0.3 is 11.1 Å². The third-order valence-electron chi connectivity index (χ3n) is 1.73. The van der Waals surface area contributed by atoms with Crippen molar-refractivity contribution in [3.05, 3.63) is 47.1 Å². The van der Waals surface area contributed by atoms with Gasteiger partial charge in [0.15, 0.2) is 0 Å². The SMILES string of the molecule is NC1=CSC(c2ccccc2)N1. The van der Waals surface area contributed by atoms with E-state index in [2.05, 4.69) is 17.4 Å². The zero-order valence-corrected chi connectivity index (χ0v) is 7.34. The van der Waals surface area contributed by atoms with Gasteiger partial charge in [-0.05, 0) is 5.56 Å². The van der Waals surface area contributed by atoms with Crippen molar-refractivity contribution in [2.75, 3.05) is 0 Å². The molecule has 1 aliphatic heterocycles. The second kappa shape index (κ2) is 3.11. The van der Waals surface area contributed by atoms with Crippen molar-refractivity contribution in [2.24, 2.45) is 5.73 Å². The van der Waals surface area contributed by atoms with Crippen LogP contribution in [0.5, 0.6) is 0 Å². The van der Waals surface area contributed by atoms with Crippen molar-refractivity contribution in [1.82, 2.24) is 5.32 Å². The molecule has 12 heavy (non-hydrogen) atoms. The number of rotatable bonds is 1. The fourth-order valence-electron chi connectivity index (χ4n) is 1.15.